The van der Waals surface area contributed by atoms with Crippen molar-refractivity contribution in [1.82, 2.24) is 29.9 Å². The van der Waals surface area contributed by atoms with Gasteiger partial charge in [-0.15, -0.1) is 23.9 Å². The summed E-state index contributed by atoms with van der Waals surface area (Å²) < 4.78 is 29.5. The summed E-state index contributed by atoms with van der Waals surface area (Å²) in [7, 11) is -0.963. The SMILES string of the molecule is C#C[Si](C)(C)C.C#Cc1cnc(OC)nc1.C[Si](C)(C)C#Cc1cnc(F)nc1.Fc1ncc(Br)cn1.[K+].[OH-]. The molecule has 0 spiro atoms. The van der Waals surface area contributed by atoms with Crippen LogP contribution in [0.1, 0.15) is 11.1 Å². The molecule has 3 aromatic heterocycles. The molecule has 0 saturated carbocycles. The van der Waals surface area contributed by atoms with Gasteiger partial charge in [0.25, 0.3) is 0 Å². The zero-order valence-corrected chi connectivity index (χ0v) is 30.0. The van der Waals surface area contributed by atoms with Gasteiger partial charge in [-0.1, -0.05) is 51.1 Å². The second-order valence-corrected chi connectivity index (χ2v) is 19.4. The number of rotatable bonds is 1. The van der Waals surface area contributed by atoms with Gasteiger partial charge in [0.15, 0.2) is 0 Å². The van der Waals surface area contributed by atoms with Crippen molar-refractivity contribution >= 4 is 32.1 Å². The van der Waals surface area contributed by atoms with Crippen LogP contribution in [-0.4, -0.2) is 58.6 Å². The van der Waals surface area contributed by atoms with Gasteiger partial charge < -0.3 is 10.2 Å². The molecule has 0 aliphatic rings. The van der Waals surface area contributed by atoms with Crippen LogP contribution in [0.4, 0.5) is 8.78 Å². The minimum absolute atomic E-state index is 0. The van der Waals surface area contributed by atoms with Gasteiger partial charge in [-0.2, -0.15) is 8.78 Å². The molecule has 0 amide bonds. The summed E-state index contributed by atoms with van der Waals surface area (Å²) in [6.45, 7) is 12.9. The maximum absolute atomic E-state index is 12.3. The second kappa shape index (κ2) is 21.9. The molecule has 0 bridgehead atoms. The van der Waals surface area contributed by atoms with E-state index in [1.165, 1.54) is 44.3 Å². The molecule has 39 heavy (non-hydrogen) atoms. The predicted octanol–water partition coefficient (Wildman–Crippen LogP) is 2.01. The number of ether oxygens (including phenoxy) is 1. The summed E-state index contributed by atoms with van der Waals surface area (Å²) in [5, 5.41) is 0. The first kappa shape index (κ1) is 41.6. The largest absolute Gasteiger partial charge is 1.00 e. The number of halogens is 3. The topological polar surface area (TPSA) is 117 Å². The molecule has 1 N–H and O–H groups in total. The first-order valence-corrected chi connectivity index (χ1v) is 18.4. The summed E-state index contributed by atoms with van der Waals surface area (Å²) in [4.78, 5) is 20.9. The van der Waals surface area contributed by atoms with Crippen molar-refractivity contribution < 1.29 is 70.4 Å². The zero-order valence-electron chi connectivity index (χ0n) is 23.3. The van der Waals surface area contributed by atoms with Crippen LogP contribution in [0.3, 0.4) is 0 Å². The molecule has 0 saturated heterocycles. The monoisotopic (exact) mass is 658 g/mol. The zero-order chi connectivity index (χ0) is 28.5. The maximum atomic E-state index is 12.3. The minimum atomic E-state index is -1.36. The standard InChI is InChI=1S/C9H11FN2Si.C7H6N2O.C5H10Si.C4H2BrFN2.K.H2O/c1-13(2,3)5-4-8-6-11-9(10)12-7-8;1-3-6-4-8-7(10-2)9-5-6;1-5-6(2,3)4;5-3-1-7-4(6)8-2-3;;/h6-7H,1-3H3;1,4-5H,2H3;1H,2-4H3;1-2H;;1H2/q;;;;+1;/p-1. The Bertz CT molecular complexity index is 1210. The Balaban J connectivity index is -0.000000452. The molecule has 0 aliphatic carbocycles. The Hall–Kier alpha value is -1.91. The molecule has 3 heterocycles. The summed E-state index contributed by atoms with van der Waals surface area (Å²) in [5.41, 5.74) is 7.21. The van der Waals surface area contributed by atoms with E-state index < -0.39 is 28.3 Å². The van der Waals surface area contributed by atoms with Gasteiger partial charge in [0, 0.05) is 37.2 Å². The molecule has 3 aromatic rings. The number of methoxy groups -OCH3 is 1. The third kappa shape index (κ3) is 24.8. The molecule has 8 nitrogen and oxygen atoms in total. The van der Waals surface area contributed by atoms with Crippen molar-refractivity contribution in [3.8, 4) is 41.8 Å². The van der Waals surface area contributed by atoms with Crippen LogP contribution in [0.15, 0.2) is 41.7 Å². The maximum Gasteiger partial charge on any atom is 1.00 e. The van der Waals surface area contributed by atoms with E-state index in [9.17, 15) is 8.78 Å². The van der Waals surface area contributed by atoms with Crippen LogP contribution >= 0.6 is 15.9 Å². The Kier molecular flexibility index (Phi) is 23.3. The summed E-state index contributed by atoms with van der Waals surface area (Å²) >= 11 is 3.05. The van der Waals surface area contributed by atoms with Crippen molar-refractivity contribution in [3.05, 3.63) is 64.9 Å². The third-order valence-corrected chi connectivity index (χ3v) is 5.35. The fourth-order valence-corrected chi connectivity index (χ4v) is 2.15. The summed E-state index contributed by atoms with van der Waals surface area (Å²) in [6.07, 6.45) is 17.3. The molecule has 202 valence electrons. The third-order valence-electron chi connectivity index (χ3n) is 3.20. The van der Waals surface area contributed by atoms with Crippen LogP contribution in [0.2, 0.25) is 39.3 Å². The van der Waals surface area contributed by atoms with Gasteiger partial charge in [-0.25, -0.2) is 29.9 Å². The van der Waals surface area contributed by atoms with E-state index in [0.29, 0.717) is 21.6 Å². The molecule has 0 aromatic carbocycles. The Morgan fingerprint density at radius 1 is 0.744 bits per heavy atom. The van der Waals surface area contributed by atoms with Gasteiger partial charge in [0.1, 0.15) is 16.1 Å². The Morgan fingerprint density at radius 2 is 1.13 bits per heavy atom. The molecule has 0 aliphatic heterocycles. The number of nitrogens with zero attached hydrogens (tertiary/aromatic N) is 6. The van der Waals surface area contributed by atoms with E-state index in [2.05, 4.69) is 108 Å². The first-order valence-electron chi connectivity index (χ1n) is 10.6. The van der Waals surface area contributed by atoms with Crippen LogP contribution in [0, 0.1) is 47.9 Å². The summed E-state index contributed by atoms with van der Waals surface area (Å²) in [6, 6.07) is 0.332. The quantitative estimate of drug-likeness (QED) is 0.222. The average Bonchev–Trinajstić information content (AvgIpc) is 2.86. The van der Waals surface area contributed by atoms with Crippen molar-refractivity contribution in [2.75, 3.05) is 7.11 Å². The molecule has 0 radical (unpaired) electrons. The smallest absolute Gasteiger partial charge is 0.870 e. The first-order chi connectivity index (χ1) is 17.2. The predicted molar refractivity (Wildman–Crippen MR) is 153 cm³/mol. The molecule has 14 heteroatoms. The van der Waals surface area contributed by atoms with E-state index >= 15 is 0 Å². The van der Waals surface area contributed by atoms with Gasteiger partial charge >= 0.3 is 69.6 Å². The fraction of sp³-hybridized carbons (Fsp3) is 0.280. The minimum Gasteiger partial charge on any atom is -0.870 e. The number of terminal acetylenes is 2. The van der Waals surface area contributed by atoms with Crippen LogP contribution < -0.4 is 56.1 Å². The average molecular weight is 660 g/mol. The van der Waals surface area contributed by atoms with Crippen LogP contribution in [-0.2, 0) is 0 Å². The van der Waals surface area contributed by atoms with E-state index in [-0.39, 0.29) is 56.9 Å². The van der Waals surface area contributed by atoms with Crippen molar-refractivity contribution in [2.24, 2.45) is 0 Å². The van der Waals surface area contributed by atoms with Crippen molar-refractivity contribution in [3.63, 3.8) is 0 Å². The molecule has 0 atom stereocenters. The number of aromatic nitrogens is 6. The van der Waals surface area contributed by atoms with E-state index in [1.807, 2.05) is 0 Å². The van der Waals surface area contributed by atoms with E-state index in [1.54, 1.807) is 0 Å². The molecule has 0 unspecified atom stereocenters. The van der Waals surface area contributed by atoms with E-state index in [4.69, 9.17) is 17.6 Å². The molecular formula is C25H30BrF2KN6O2Si2. The fourth-order valence-electron chi connectivity index (χ4n) is 1.43. The number of hydrogen-bond donors (Lipinski definition) is 0. The van der Waals surface area contributed by atoms with Gasteiger partial charge in [-0.05, 0) is 15.9 Å². The molecular weight excluding hydrogens is 629 g/mol. The number of hydrogen-bond acceptors (Lipinski definition) is 8. The normalized spacial score (nSPS) is 9.13. The van der Waals surface area contributed by atoms with Gasteiger partial charge in [0.05, 0.1) is 22.7 Å². The van der Waals surface area contributed by atoms with Gasteiger partial charge in [-0.3, -0.25) is 0 Å². The van der Waals surface area contributed by atoms with Crippen LogP contribution in [0.25, 0.3) is 0 Å². The molecule has 3 rings (SSSR count). The van der Waals surface area contributed by atoms with Crippen molar-refractivity contribution in [1.29, 1.82) is 0 Å². The Morgan fingerprint density at radius 3 is 1.44 bits per heavy atom. The Labute approximate surface area is 282 Å². The summed E-state index contributed by atoms with van der Waals surface area (Å²) in [5.74, 6) is 5.33. The second-order valence-electron chi connectivity index (χ2n) is 8.91. The van der Waals surface area contributed by atoms with E-state index in [0.717, 1.165) is 0 Å². The van der Waals surface area contributed by atoms with Crippen molar-refractivity contribution in [2.45, 2.75) is 39.3 Å². The van der Waals surface area contributed by atoms with Gasteiger partial charge in [0.2, 0.25) is 0 Å². The van der Waals surface area contributed by atoms with Crippen LogP contribution in [0.5, 0.6) is 6.01 Å². The molecule has 0 fully saturated rings.